The maximum absolute atomic E-state index is 6.15. The normalized spacial score (nSPS) is 22.7. The van der Waals surface area contributed by atoms with Crippen LogP contribution in [0.3, 0.4) is 0 Å². The Kier molecular flexibility index (Phi) is 4.15. The van der Waals surface area contributed by atoms with Crippen molar-refractivity contribution in [1.29, 1.82) is 0 Å². The smallest absolute Gasteiger partial charge is 0.154 e. The molecule has 0 radical (unpaired) electrons. The molecule has 0 aliphatic carbocycles. The van der Waals surface area contributed by atoms with Crippen molar-refractivity contribution >= 4 is 40.1 Å². The summed E-state index contributed by atoms with van der Waals surface area (Å²) in [7, 11) is 0. The molecule has 2 aromatic carbocycles. The third kappa shape index (κ3) is 2.87. The molecule has 0 saturated heterocycles. The number of amidine groups is 1. The lowest BCUT2D eigenvalue weighted by Gasteiger charge is -2.38. The van der Waals surface area contributed by atoms with E-state index in [1.54, 1.807) is 17.8 Å². The van der Waals surface area contributed by atoms with Gasteiger partial charge >= 0.3 is 0 Å². The maximum Gasteiger partial charge on any atom is 0.154 e. The second-order valence-corrected chi connectivity index (χ2v) is 8.04. The summed E-state index contributed by atoms with van der Waals surface area (Å²) in [5.74, 6) is 1.86. The molecule has 24 heavy (non-hydrogen) atoms. The Balaban J connectivity index is 1.85. The third-order valence-corrected chi connectivity index (χ3v) is 5.77. The van der Waals surface area contributed by atoms with Crippen LogP contribution in [0.2, 0.25) is 10.0 Å². The number of hydrogen-bond donors (Lipinski definition) is 1. The van der Waals surface area contributed by atoms with Crippen molar-refractivity contribution in [2.45, 2.75) is 18.4 Å². The van der Waals surface area contributed by atoms with Crippen LogP contribution in [0.1, 0.15) is 18.4 Å². The van der Waals surface area contributed by atoms with E-state index in [-0.39, 0.29) is 5.54 Å². The van der Waals surface area contributed by atoms with E-state index >= 15 is 0 Å². The summed E-state index contributed by atoms with van der Waals surface area (Å²) < 4.78 is 5.86. The highest BCUT2D eigenvalue weighted by molar-refractivity contribution is 8.13. The van der Waals surface area contributed by atoms with Crippen molar-refractivity contribution in [2.75, 3.05) is 12.4 Å². The first-order valence-corrected chi connectivity index (χ1v) is 9.52. The summed E-state index contributed by atoms with van der Waals surface area (Å²) in [6, 6.07) is 11.8. The Morgan fingerprint density at radius 1 is 1.04 bits per heavy atom. The SMILES string of the molecule is NC1=NC2(CCOc3ccc(-c4cc(Cl)cc(Cl)c4)cc32)CCS1. The van der Waals surface area contributed by atoms with E-state index in [4.69, 9.17) is 38.7 Å². The van der Waals surface area contributed by atoms with E-state index in [9.17, 15) is 0 Å². The second kappa shape index (κ2) is 6.17. The van der Waals surface area contributed by atoms with Gasteiger partial charge in [0.2, 0.25) is 0 Å². The van der Waals surface area contributed by atoms with Crippen molar-refractivity contribution in [3.8, 4) is 16.9 Å². The van der Waals surface area contributed by atoms with Crippen molar-refractivity contribution in [3.63, 3.8) is 0 Å². The average Bonchev–Trinajstić information content (AvgIpc) is 2.54. The molecule has 0 fully saturated rings. The lowest BCUT2D eigenvalue weighted by atomic mass is 9.81. The lowest BCUT2D eigenvalue weighted by Crippen LogP contribution is -2.36. The molecular weight excluding hydrogens is 363 g/mol. The minimum Gasteiger partial charge on any atom is -0.493 e. The number of benzene rings is 2. The topological polar surface area (TPSA) is 47.6 Å². The molecule has 0 amide bonds. The van der Waals surface area contributed by atoms with Gasteiger partial charge in [0.15, 0.2) is 5.17 Å². The zero-order chi connectivity index (χ0) is 16.7. The molecule has 0 aromatic heterocycles. The first kappa shape index (κ1) is 16.1. The van der Waals surface area contributed by atoms with Gasteiger partial charge in [-0.2, -0.15) is 0 Å². The molecule has 2 aliphatic heterocycles. The number of nitrogens with two attached hydrogens (primary N) is 1. The van der Waals surface area contributed by atoms with Crippen molar-refractivity contribution in [2.24, 2.45) is 10.7 Å². The van der Waals surface area contributed by atoms with E-state index in [1.807, 2.05) is 24.3 Å². The minimum absolute atomic E-state index is 0.276. The number of rotatable bonds is 1. The molecule has 1 spiro atoms. The molecule has 2 aromatic rings. The van der Waals surface area contributed by atoms with E-state index < -0.39 is 0 Å². The Morgan fingerprint density at radius 2 is 1.83 bits per heavy atom. The highest BCUT2D eigenvalue weighted by atomic mass is 35.5. The van der Waals surface area contributed by atoms with Crippen molar-refractivity contribution in [1.82, 2.24) is 0 Å². The van der Waals surface area contributed by atoms with Gasteiger partial charge in [-0.05, 0) is 47.9 Å². The van der Waals surface area contributed by atoms with E-state index in [0.29, 0.717) is 21.8 Å². The quantitative estimate of drug-likeness (QED) is 0.751. The molecule has 0 saturated carbocycles. The predicted molar refractivity (Wildman–Crippen MR) is 102 cm³/mol. The number of aliphatic imine (C=N–C) groups is 1. The number of fused-ring (bicyclic) bond motifs is 2. The molecule has 1 atom stereocenters. The van der Waals surface area contributed by atoms with Crippen LogP contribution in [-0.2, 0) is 5.54 Å². The van der Waals surface area contributed by atoms with Gasteiger partial charge in [0, 0.05) is 27.8 Å². The fourth-order valence-electron chi connectivity index (χ4n) is 3.38. The monoisotopic (exact) mass is 378 g/mol. The number of ether oxygens (including phenoxy) is 1. The summed E-state index contributed by atoms with van der Waals surface area (Å²) in [6.45, 7) is 0.663. The van der Waals surface area contributed by atoms with Gasteiger partial charge in [-0.25, -0.2) is 0 Å². The zero-order valence-corrected chi connectivity index (χ0v) is 15.2. The fourth-order valence-corrected chi connectivity index (χ4v) is 4.80. The molecule has 1 unspecified atom stereocenters. The molecule has 2 aliphatic rings. The van der Waals surface area contributed by atoms with Crippen LogP contribution in [0.15, 0.2) is 41.4 Å². The van der Waals surface area contributed by atoms with Gasteiger partial charge in [-0.3, -0.25) is 4.99 Å². The fraction of sp³-hybridized carbons (Fsp3) is 0.278. The summed E-state index contributed by atoms with van der Waals surface area (Å²) in [6.07, 6.45) is 1.81. The van der Waals surface area contributed by atoms with Crippen LogP contribution in [0.5, 0.6) is 5.75 Å². The van der Waals surface area contributed by atoms with Crippen molar-refractivity contribution in [3.05, 3.63) is 52.0 Å². The van der Waals surface area contributed by atoms with Crippen molar-refractivity contribution < 1.29 is 4.74 Å². The molecule has 0 bridgehead atoms. The molecule has 3 nitrogen and oxygen atoms in total. The average molecular weight is 379 g/mol. The van der Waals surface area contributed by atoms with Crippen LogP contribution in [0.4, 0.5) is 0 Å². The highest BCUT2D eigenvalue weighted by Gasteiger charge is 2.39. The van der Waals surface area contributed by atoms with Gasteiger partial charge in [0.25, 0.3) is 0 Å². The largest absolute Gasteiger partial charge is 0.493 e. The summed E-state index contributed by atoms with van der Waals surface area (Å²) >= 11 is 13.9. The lowest BCUT2D eigenvalue weighted by molar-refractivity contribution is 0.214. The maximum atomic E-state index is 6.15. The standard InChI is InChI=1S/C18H16Cl2N2OS/c19-13-7-12(8-14(20)10-13)11-1-2-16-15(9-11)18(3-5-23-16)4-6-24-17(21)22-18/h1-2,7-10H,3-6H2,(H2,21,22). The van der Waals surface area contributed by atoms with Crippen LogP contribution in [-0.4, -0.2) is 17.5 Å². The summed E-state index contributed by atoms with van der Waals surface area (Å²) in [4.78, 5) is 4.81. The van der Waals surface area contributed by atoms with Gasteiger partial charge in [-0.15, -0.1) is 0 Å². The van der Waals surface area contributed by atoms with Crippen LogP contribution in [0.25, 0.3) is 11.1 Å². The van der Waals surface area contributed by atoms with Gasteiger partial charge in [0.1, 0.15) is 5.75 Å². The molecule has 2 N–H and O–H groups in total. The van der Waals surface area contributed by atoms with E-state index in [0.717, 1.165) is 41.0 Å². The van der Waals surface area contributed by atoms with Crippen LogP contribution >= 0.6 is 35.0 Å². The Morgan fingerprint density at radius 3 is 2.58 bits per heavy atom. The van der Waals surface area contributed by atoms with E-state index in [2.05, 4.69) is 6.07 Å². The highest BCUT2D eigenvalue weighted by Crippen LogP contribution is 2.46. The number of hydrogen-bond acceptors (Lipinski definition) is 4. The molecular formula is C18H16Cl2N2OS. The first-order valence-electron chi connectivity index (χ1n) is 7.78. The van der Waals surface area contributed by atoms with E-state index in [1.165, 1.54) is 0 Å². The predicted octanol–water partition coefficient (Wildman–Crippen LogP) is 5.09. The Labute approximate surface area is 155 Å². The molecule has 6 heteroatoms. The minimum atomic E-state index is -0.276. The number of nitrogens with zero attached hydrogens (tertiary/aromatic N) is 1. The van der Waals surface area contributed by atoms with Gasteiger partial charge in [-0.1, -0.05) is 41.0 Å². The van der Waals surface area contributed by atoms with Gasteiger partial charge < -0.3 is 10.5 Å². The molecule has 4 rings (SSSR count). The number of thioether (sulfide) groups is 1. The Hall–Kier alpha value is -1.36. The zero-order valence-electron chi connectivity index (χ0n) is 12.9. The van der Waals surface area contributed by atoms with Crippen LogP contribution in [0, 0.1) is 0 Å². The van der Waals surface area contributed by atoms with Crippen LogP contribution < -0.4 is 10.5 Å². The molecule has 2 heterocycles. The third-order valence-electron chi connectivity index (χ3n) is 4.54. The summed E-state index contributed by atoms with van der Waals surface area (Å²) in [5, 5.41) is 1.90. The molecule has 124 valence electrons. The number of halogens is 2. The first-order chi connectivity index (χ1) is 11.6. The van der Waals surface area contributed by atoms with Gasteiger partial charge in [0.05, 0.1) is 12.1 Å². The summed E-state index contributed by atoms with van der Waals surface area (Å²) in [5.41, 5.74) is 8.88. The second-order valence-electron chi connectivity index (χ2n) is 6.05. The Bertz CT molecular complexity index is 820.